The number of aryl methyl sites for hydroxylation is 2. The Morgan fingerprint density at radius 1 is 1.13 bits per heavy atom. The summed E-state index contributed by atoms with van der Waals surface area (Å²) in [6.45, 7) is 4.14. The van der Waals surface area contributed by atoms with Crippen LogP contribution in [0.1, 0.15) is 11.1 Å². The molecule has 0 aliphatic heterocycles. The maximum absolute atomic E-state index is 5.91. The molecule has 0 aliphatic carbocycles. The van der Waals surface area contributed by atoms with E-state index in [4.69, 9.17) is 5.73 Å². The van der Waals surface area contributed by atoms with Crippen LogP contribution in [-0.2, 0) is 0 Å². The van der Waals surface area contributed by atoms with Crippen LogP contribution in [0.15, 0.2) is 36.5 Å². The zero-order chi connectivity index (χ0) is 10.8. The maximum atomic E-state index is 5.91. The fraction of sp³-hybridized carbons (Fsp3) is 0.154. The van der Waals surface area contributed by atoms with Gasteiger partial charge in [0.25, 0.3) is 0 Å². The number of aromatic nitrogens is 1. The topological polar surface area (TPSA) is 38.9 Å². The number of hydrogen-bond acceptors (Lipinski definition) is 2. The third kappa shape index (κ3) is 1.84. The largest absolute Gasteiger partial charge is 0.397 e. The first-order chi connectivity index (χ1) is 7.18. The van der Waals surface area contributed by atoms with E-state index in [1.54, 1.807) is 6.20 Å². The summed E-state index contributed by atoms with van der Waals surface area (Å²) in [6.07, 6.45) is 1.77. The zero-order valence-corrected chi connectivity index (χ0v) is 8.99. The quantitative estimate of drug-likeness (QED) is 0.765. The van der Waals surface area contributed by atoms with Crippen LogP contribution in [0.5, 0.6) is 0 Å². The van der Waals surface area contributed by atoms with Gasteiger partial charge >= 0.3 is 0 Å². The molecule has 0 amide bonds. The van der Waals surface area contributed by atoms with Crippen LogP contribution in [0.4, 0.5) is 5.69 Å². The lowest BCUT2D eigenvalue weighted by molar-refractivity contribution is 1.30. The molecule has 0 bridgehead atoms. The predicted molar refractivity (Wildman–Crippen MR) is 63.6 cm³/mol. The summed E-state index contributed by atoms with van der Waals surface area (Å²) < 4.78 is 0. The first-order valence-corrected chi connectivity index (χ1v) is 4.96. The SMILES string of the molecule is Cc1ccc(C)c(-c2ncccc2N)c1. The van der Waals surface area contributed by atoms with Crippen LogP contribution < -0.4 is 5.73 Å². The van der Waals surface area contributed by atoms with Crippen LogP contribution >= 0.6 is 0 Å². The van der Waals surface area contributed by atoms with Crippen molar-refractivity contribution in [2.45, 2.75) is 13.8 Å². The lowest BCUT2D eigenvalue weighted by Crippen LogP contribution is -1.94. The Hall–Kier alpha value is -1.83. The molecule has 76 valence electrons. The highest BCUT2D eigenvalue weighted by molar-refractivity contribution is 5.74. The molecule has 2 nitrogen and oxygen atoms in total. The molecule has 0 radical (unpaired) electrons. The minimum Gasteiger partial charge on any atom is -0.397 e. The third-order valence-corrected chi connectivity index (χ3v) is 2.49. The average molecular weight is 198 g/mol. The van der Waals surface area contributed by atoms with Crippen molar-refractivity contribution in [2.75, 3.05) is 5.73 Å². The summed E-state index contributed by atoms with van der Waals surface area (Å²) in [5, 5.41) is 0. The molecule has 0 saturated carbocycles. The highest BCUT2D eigenvalue weighted by Gasteiger charge is 2.06. The van der Waals surface area contributed by atoms with Crippen molar-refractivity contribution in [3.63, 3.8) is 0 Å². The van der Waals surface area contributed by atoms with E-state index in [2.05, 4.69) is 37.0 Å². The summed E-state index contributed by atoms with van der Waals surface area (Å²) in [7, 11) is 0. The Kier molecular flexibility index (Phi) is 2.42. The van der Waals surface area contributed by atoms with E-state index in [-0.39, 0.29) is 0 Å². The molecule has 0 saturated heterocycles. The van der Waals surface area contributed by atoms with E-state index in [9.17, 15) is 0 Å². The number of hydrogen-bond donors (Lipinski definition) is 1. The van der Waals surface area contributed by atoms with Gasteiger partial charge in [0.15, 0.2) is 0 Å². The summed E-state index contributed by atoms with van der Waals surface area (Å²) in [4.78, 5) is 4.33. The molecule has 0 atom stereocenters. The lowest BCUT2D eigenvalue weighted by Gasteiger charge is -2.08. The Labute approximate surface area is 89.8 Å². The fourth-order valence-electron chi connectivity index (χ4n) is 1.63. The normalized spacial score (nSPS) is 10.3. The van der Waals surface area contributed by atoms with Crippen molar-refractivity contribution in [1.82, 2.24) is 4.98 Å². The van der Waals surface area contributed by atoms with Gasteiger partial charge in [0.05, 0.1) is 11.4 Å². The molecule has 1 aromatic heterocycles. The van der Waals surface area contributed by atoms with Crippen molar-refractivity contribution >= 4 is 5.69 Å². The first-order valence-electron chi connectivity index (χ1n) is 4.96. The van der Waals surface area contributed by atoms with E-state index in [0.717, 1.165) is 16.9 Å². The van der Waals surface area contributed by atoms with Crippen molar-refractivity contribution in [3.05, 3.63) is 47.7 Å². The number of benzene rings is 1. The first kappa shape index (κ1) is 9.71. The van der Waals surface area contributed by atoms with Crippen LogP contribution in [0.2, 0.25) is 0 Å². The number of nitrogens with zero attached hydrogens (tertiary/aromatic N) is 1. The summed E-state index contributed by atoms with van der Waals surface area (Å²) in [5.74, 6) is 0. The molecule has 15 heavy (non-hydrogen) atoms. The van der Waals surface area contributed by atoms with Gasteiger partial charge in [-0.2, -0.15) is 0 Å². The van der Waals surface area contributed by atoms with E-state index < -0.39 is 0 Å². The second-order valence-corrected chi connectivity index (χ2v) is 3.76. The summed E-state index contributed by atoms with van der Waals surface area (Å²) in [5.41, 5.74) is 11.1. The predicted octanol–water partition coefficient (Wildman–Crippen LogP) is 2.95. The summed E-state index contributed by atoms with van der Waals surface area (Å²) in [6, 6.07) is 10.0. The summed E-state index contributed by atoms with van der Waals surface area (Å²) >= 11 is 0. The molecule has 2 heteroatoms. The van der Waals surface area contributed by atoms with Gasteiger partial charge < -0.3 is 5.73 Å². The molecule has 0 aliphatic rings. The van der Waals surface area contributed by atoms with Gasteiger partial charge in [-0.1, -0.05) is 17.7 Å². The van der Waals surface area contributed by atoms with Gasteiger partial charge in [-0.25, -0.2) is 0 Å². The smallest absolute Gasteiger partial charge is 0.0933 e. The van der Waals surface area contributed by atoms with Crippen molar-refractivity contribution in [1.29, 1.82) is 0 Å². The Morgan fingerprint density at radius 3 is 2.67 bits per heavy atom. The molecule has 2 aromatic rings. The van der Waals surface area contributed by atoms with Crippen LogP contribution in [0, 0.1) is 13.8 Å². The minimum atomic E-state index is 0.728. The van der Waals surface area contributed by atoms with Gasteiger partial charge in [0.2, 0.25) is 0 Å². The van der Waals surface area contributed by atoms with Crippen molar-refractivity contribution < 1.29 is 0 Å². The van der Waals surface area contributed by atoms with Gasteiger partial charge in [-0.15, -0.1) is 0 Å². The second kappa shape index (κ2) is 3.73. The number of nitrogens with two attached hydrogens (primary N) is 1. The molecular weight excluding hydrogens is 184 g/mol. The Morgan fingerprint density at radius 2 is 1.93 bits per heavy atom. The highest BCUT2D eigenvalue weighted by atomic mass is 14.7. The standard InChI is InChI=1S/C13H14N2/c1-9-5-6-10(2)11(8-9)13-12(14)4-3-7-15-13/h3-8H,14H2,1-2H3. The minimum absolute atomic E-state index is 0.728. The Bertz CT molecular complexity index is 490. The second-order valence-electron chi connectivity index (χ2n) is 3.76. The zero-order valence-electron chi connectivity index (χ0n) is 8.99. The van der Waals surface area contributed by atoms with Gasteiger partial charge in [0.1, 0.15) is 0 Å². The van der Waals surface area contributed by atoms with Gasteiger partial charge in [0, 0.05) is 11.8 Å². The number of rotatable bonds is 1. The molecule has 2 N–H and O–H groups in total. The number of anilines is 1. The van der Waals surface area contributed by atoms with Crippen LogP contribution in [0.25, 0.3) is 11.3 Å². The van der Waals surface area contributed by atoms with Crippen molar-refractivity contribution in [2.24, 2.45) is 0 Å². The number of nitrogen functional groups attached to an aromatic ring is 1. The van der Waals surface area contributed by atoms with Gasteiger partial charge in [-0.05, 0) is 37.6 Å². The van der Waals surface area contributed by atoms with Crippen LogP contribution in [0.3, 0.4) is 0 Å². The van der Waals surface area contributed by atoms with E-state index in [0.29, 0.717) is 0 Å². The van der Waals surface area contributed by atoms with Crippen LogP contribution in [-0.4, -0.2) is 4.98 Å². The van der Waals surface area contributed by atoms with E-state index in [1.165, 1.54) is 11.1 Å². The van der Waals surface area contributed by atoms with Crippen molar-refractivity contribution in [3.8, 4) is 11.3 Å². The molecular formula is C13H14N2. The monoisotopic (exact) mass is 198 g/mol. The number of pyridine rings is 1. The molecule has 1 aromatic carbocycles. The molecule has 0 fully saturated rings. The van der Waals surface area contributed by atoms with E-state index in [1.807, 2.05) is 12.1 Å². The average Bonchev–Trinajstić information content (AvgIpc) is 2.23. The Balaban J connectivity index is 2.64. The third-order valence-electron chi connectivity index (χ3n) is 2.49. The molecule has 1 heterocycles. The maximum Gasteiger partial charge on any atom is 0.0933 e. The van der Waals surface area contributed by atoms with Gasteiger partial charge in [-0.3, -0.25) is 4.98 Å². The fourth-order valence-corrected chi connectivity index (χ4v) is 1.63. The lowest BCUT2D eigenvalue weighted by atomic mass is 10.0. The van der Waals surface area contributed by atoms with E-state index >= 15 is 0 Å². The highest BCUT2D eigenvalue weighted by Crippen LogP contribution is 2.26. The molecule has 0 spiro atoms. The molecule has 2 rings (SSSR count). The molecule has 0 unspecified atom stereocenters.